The van der Waals surface area contributed by atoms with Crippen molar-refractivity contribution in [2.24, 2.45) is 5.92 Å². The molecule has 2 aromatic carbocycles. The number of hydrogen-bond donors (Lipinski definition) is 2. The number of hydrogen-bond acceptors (Lipinski definition) is 5. The number of aromatic nitrogens is 1. The van der Waals surface area contributed by atoms with Crippen LogP contribution >= 0.6 is 11.3 Å². The number of likely N-dealkylation sites (tertiary alicyclic amines) is 1. The molecule has 0 aliphatic carbocycles. The standard InChI is InChI=1S/C21H21N3O3S/c25-21(22-15-5-6-17-18(11-15)27-13-26-17)14-7-9-24(10-8-14)12-20-23-16-3-1-2-4-19(16)28-20/h1-6,11,14H,7-10,12-13H2,(H,22,25)/p+1. The Hall–Kier alpha value is -2.64. The van der Waals surface area contributed by atoms with Gasteiger partial charge in [-0.15, -0.1) is 11.3 Å². The van der Waals surface area contributed by atoms with Crippen molar-refractivity contribution in [1.82, 2.24) is 4.98 Å². The van der Waals surface area contributed by atoms with Crippen LogP contribution in [0.15, 0.2) is 42.5 Å². The molecule has 6 nitrogen and oxygen atoms in total. The molecule has 0 saturated carbocycles. The van der Waals surface area contributed by atoms with Crippen LogP contribution in [-0.2, 0) is 11.3 Å². The van der Waals surface area contributed by atoms with E-state index in [9.17, 15) is 4.79 Å². The molecule has 144 valence electrons. The number of rotatable bonds is 4. The highest BCUT2D eigenvalue weighted by molar-refractivity contribution is 7.18. The summed E-state index contributed by atoms with van der Waals surface area (Å²) < 4.78 is 11.9. The van der Waals surface area contributed by atoms with E-state index in [1.165, 1.54) is 14.6 Å². The number of fused-ring (bicyclic) bond motifs is 2. The van der Waals surface area contributed by atoms with Gasteiger partial charge in [0.1, 0.15) is 11.6 Å². The van der Waals surface area contributed by atoms with Gasteiger partial charge in [0.05, 0.1) is 23.3 Å². The van der Waals surface area contributed by atoms with Gasteiger partial charge in [0, 0.05) is 30.5 Å². The normalized spacial score (nSPS) is 21.0. The van der Waals surface area contributed by atoms with Gasteiger partial charge in [-0.3, -0.25) is 4.79 Å². The molecule has 0 bridgehead atoms. The number of anilines is 1. The second kappa shape index (κ2) is 7.41. The average molecular weight is 396 g/mol. The molecule has 28 heavy (non-hydrogen) atoms. The van der Waals surface area contributed by atoms with E-state index in [-0.39, 0.29) is 18.6 Å². The first kappa shape index (κ1) is 17.5. The van der Waals surface area contributed by atoms with Crippen LogP contribution in [0.3, 0.4) is 0 Å². The molecular formula is C21H22N3O3S+. The van der Waals surface area contributed by atoms with Gasteiger partial charge in [-0.2, -0.15) is 0 Å². The van der Waals surface area contributed by atoms with Crippen molar-refractivity contribution in [2.75, 3.05) is 25.2 Å². The van der Waals surface area contributed by atoms with Crippen LogP contribution in [0.2, 0.25) is 0 Å². The quantitative estimate of drug-likeness (QED) is 0.711. The number of quaternary nitrogens is 1. The van der Waals surface area contributed by atoms with E-state index in [2.05, 4.69) is 23.5 Å². The van der Waals surface area contributed by atoms with Crippen LogP contribution in [-0.4, -0.2) is 30.8 Å². The summed E-state index contributed by atoms with van der Waals surface area (Å²) in [5.41, 5.74) is 1.85. The molecular weight excluding hydrogens is 374 g/mol. The number of amides is 1. The lowest BCUT2D eigenvalue weighted by molar-refractivity contribution is -0.919. The van der Waals surface area contributed by atoms with Gasteiger partial charge in [-0.25, -0.2) is 4.98 Å². The largest absolute Gasteiger partial charge is 0.454 e. The van der Waals surface area contributed by atoms with Crippen molar-refractivity contribution in [2.45, 2.75) is 19.4 Å². The van der Waals surface area contributed by atoms with Gasteiger partial charge in [0.25, 0.3) is 0 Å². The minimum Gasteiger partial charge on any atom is -0.454 e. The van der Waals surface area contributed by atoms with Crippen molar-refractivity contribution < 1.29 is 19.2 Å². The smallest absolute Gasteiger partial charge is 0.231 e. The summed E-state index contributed by atoms with van der Waals surface area (Å²) in [6.07, 6.45) is 1.80. The van der Waals surface area contributed by atoms with E-state index >= 15 is 0 Å². The van der Waals surface area contributed by atoms with E-state index in [1.807, 2.05) is 24.3 Å². The Balaban J connectivity index is 1.16. The Morgan fingerprint density at radius 2 is 1.96 bits per heavy atom. The molecule has 1 aromatic heterocycles. The number of ether oxygens (including phenoxy) is 2. The maximum Gasteiger partial charge on any atom is 0.231 e. The monoisotopic (exact) mass is 396 g/mol. The van der Waals surface area contributed by atoms with Crippen molar-refractivity contribution >= 4 is 33.1 Å². The average Bonchev–Trinajstić information content (AvgIpc) is 3.34. The van der Waals surface area contributed by atoms with Gasteiger partial charge in [-0.1, -0.05) is 12.1 Å². The first-order valence-corrected chi connectivity index (χ1v) is 10.4. The van der Waals surface area contributed by atoms with E-state index in [0.717, 1.165) is 49.4 Å². The minimum absolute atomic E-state index is 0.0598. The molecule has 1 amide bonds. The lowest BCUT2D eigenvalue weighted by Crippen LogP contribution is -3.11. The maximum absolute atomic E-state index is 12.6. The van der Waals surface area contributed by atoms with Crippen LogP contribution in [0.5, 0.6) is 11.5 Å². The zero-order valence-electron chi connectivity index (χ0n) is 15.4. The van der Waals surface area contributed by atoms with Gasteiger partial charge < -0.3 is 19.7 Å². The number of carbonyl (C=O) groups is 1. The zero-order chi connectivity index (χ0) is 18.9. The number of para-hydroxylation sites is 1. The summed E-state index contributed by atoms with van der Waals surface area (Å²) >= 11 is 1.78. The number of nitrogens with zero attached hydrogens (tertiary/aromatic N) is 1. The fraction of sp³-hybridized carbons (Fsp3) is 0.333. The molecule has 1 saturated heterocycles. The highest BCUT2D eigenvalue weighted by atomic mass is 32.1. The summed E-state index contributed by atoms with van der Waals surface area (Å²) in [6, 6.07) is 13.8. The molecule has 3 aromatic rings. The van der Waals surface area contributed by atoms with Crippen molar-refractivity contribution in [3.05, 3.63) is 47.5 Å². The van der Waals surface area contributed by atoms with E-state index in [0.29, 0.717) is 5.75 Å². The molecule has 3 heterocycles. The van der Waals surface area contributed by atoms with Gasteiger partial charge in [0.2, 0.25) is 12.7 Å². The van der Waals surface area contributed by atoms with E-state index in [4.69, 9.17) is 14.5 Å². The summed E-state index contributed by atoms with van der Waals surface area (Å²) in [5.74, 6) is 1.57. The fourth-order valence-electron chi connectivity index (χ4n) is 3.89. The highest BCUT2D eigenvalue weighted by Gasteiger charge is 2.28. The van der Waals surface area contributed by atoms with E-state index in [1.54, 1.807) is 11.3 Å². The Kier molecular flexibility index (Phi) is 4.62. The minimum atomic E-state index is 0.0598. The molecule has 5 rings (SSSR count). The van der Waals surface area contributed by atoms with Crippen molar-refractivity contribution in [3.8, 4) is 11.5 Å². The predicted molar refractivity (Wildman–Crippen MR) is 108 cm³/mol. The SMILES string of the molecule is O=C(Nc1ccc2c(c1)OCO2)C1CC[NH+](Cc2nc3ccccc3s2)CC1. The number of piperidine rings is 1. The second-order valence-electron chi connectivity index (χ2n) is 7.33. The molecule has 0 spiro atoms. The van der Waals surface area contributed by atoms with Gasteiger partial charge >= 0.3 is 0 Å². The lowest BCUT2D eigenvalue weighted by Gasteiger charge is -2.28. The number of thiazole rings is 1. The predicted octanol–water partition coefficient (Wildman–Crippen LogP) is 2.46. The Labute approximate surface area is 167 Å². The Morgan fingerprint density at radius 1 is 1.14 bits per heavy atom. The van der Waals surface area contributed by atoms with Crippen LogP contribution in [0.4, 0.5) is 5.69 Å². The molecule has 0 radical (unpaired) electrons. The number of carbonyl (C=O) groups excluding carboxylic acids is 1. The van der Waals surface area contributed by atoms with Gasteiger partial charge in [0.15, 0.2) is 11.5 Å². The highest BCUT2D eigenvalue weighted by Crippen LogP contribution is 2.34. The van der Waals surface area contributed by atoms with Crippen molar-refractivity contribution in [1.29, 1.82) is 0 Å². The Bertz CT molecular complexity index is 978. The summed E-state index contributed by atoms with van der Waals surface area (Å²) in [6.45, 7) is 3.17. The summed E-state index contributed by atoms with van der Waals surface area (Å²) in [7, 11) is 0. The van der Waals surface area contributed by atoms with Crippen LogP contribution < -0.4 is 19.7 Å². The third-order valence-corrected chi connectivity index (χ3v) is 6.48. The lowest BCUT2D eigenvalue weighted by atomic mass is 9.96. The van der Waals surface area contributed by atoms with Crippen molar-refractivity contribution in [3.63, 3.8) is 0 Å². The van der Waals surface area contributed by atoms with Crippen LogP contribution in [0.25, 0.3) is 10.2 Å². The molecule has 0 unspecified atom stereocenters. The van der Waals surface area contributed by atoms with E-state index < -0.39 is 0 Å². The van der Waals surface area contributed by atoms with Crippen LogP contribution in [0.1, 0.15) is 17.8 Å². The molecule has 2 aliphatic rings. The molecule has 2 aliphatic heterocycles. The third-order valence-electron chi connectivity index (χ3n) is 5.44. The maximum atomic E-state index is 12.6. The molecule has 1 fully saturated rings. The van der Waals surface area contributed by atoms with Crippen LogP contribution in [0, 0.1) is 5.92 Å². The first-order chi connectivity index (χ1) is 13.7. The third kappa shape index (κ3) is 3.55. The Morgan fingerprint density at radius 3 is 2.82 bits per heavy atom. The zero-order valence-corrected chi connectivity index (χ0v) is 16.3. The summed E-state index contributed by atoms with van der Waals surface area (Å²) in [4.78, 5) is 18.9. The first-order valence-electron chi connectivity index (χ1n) is 9.63. The second-order valence-corrected chi connectivity index (χ2v) is 8.45. The molecule has 2 N–H and O–H groups in total. The topological polar surface area (TPSA) is 64.9 Å². The molecule has 7 heteroatoms. The number of benzene rings is 2. The molecule has 0 atom stereocenters. The fourth-order valence-corrected chi connectivity index (χ4v) is 4.93. The van der Waals surface area contributed by atoms with Gasteiger partial charge in [-0.05, 0) is 24.3 Å². The summed E-state index contributed by atoms with van der Waals surface area (Å²) in [5, 5.41) is 4.21. The number of nitrogens with one attached hydrogen (secondary N) is 2.